The van der Waals surface area contributed by atoms with Gasteiger partial charge < -0.3 is 35.3 Å². The van der Waals surface area contributed by atoms with Gasteiger partial charge in [0.05, 0.1) is 6.07 Å². The van der Waals surface area contributed by atoms with Crippen molar-refractivity contribution in [3.05, 3.63) is 48.2 Å². The van der Waals surface area contributed by atoms with Gasteiger partial charge in [-0.2, -0.15) is 4.98 Å². The van der Waals surface area contributed by atoms with Crippen LogP contribution in [0.3, 0.4) is 0 Å². The highest BCUT2D eigenvalue weighted by atomic mass is 35.5. The summed E-state index contributed by atoms with van der Waals surface area (Å²) in [6.07, 6.45) is 1.81. The Kier molecular flexibility index (Phi) is 6.58. The van der Waals surface area contributed by atoms with E-state index in [1.54, 1.807) is 0 Å². The van der Waals surface area contributed by atoms with Crippen molar-refractivity contribution in [1.82, 2.24) is 0 Å². The van der Waals surface area contributed by atoms with Gasteiger partial charge in [0.15, 0.2) is 5.69 Å². The third kappa shape index (κ3) is 4.61. The van der Waals surface area contributed by atoms with E-state index in [0.717, 1.165) is 11.4 Å². The van der Waals surface area contributed by atoms with E-state index < -0.39 is 0 Å². The van der Waals surface area contributed by atoms with Crippen LogP contribution >= 0.6 is 0 Å². The largest absolute Gasteiger partial charge is 1.00 e. The average Bonchev–Trinajstić information content (AvgIpc) is 2.25. The summed E-state index contributed by atoms with van der Waals surface area (Å²) in [7, 11) is 0. The minimum Gasteiger partial charge on any atom is -1.00 e. The first-order valence-corrected chi connectivity index (χ1v) is 4.82. The molecule has 0 bridgehead atoms. The Morgan fingerprint density at radius 2 is 1.65 bits per heavy atom. The van der Waals surface area contributed by atoms with Crippen LogP contribution in [0.15, 0.2) is 42.6 Å². The summed E-state index contributed by atoms with van der Waals surface area (Å²) < 4.78 is 5.60. The van der Waals surface area contributed by atoms with E-state index in [-0.39, 0.29) is 24.8 Å². The number of nitrogens with one attached hydrogen (secondary N) is 1. The van der Waals surface area contributed by atoms with Crippen LogP contribution in [0.1, 0.15) is 5.56 Å². The van der Waals surface area contributed by atoms with Crippen LogP contribution < -0.4 is 40.3 Å². The second-order valence-corrected chi connectivity index (χ2v) is 3.48. The molecule has 0 spiro atoms. The highest BCUT2D eigenvalue weighted by molar-refractivity contribution is 5.30. The molecule has 5 heteroatoms. The summed E-state index contributed by atoms with van der Waals surface area (Å²) in [6, 6.07) is 11.7. The Morgan fingerprint density at radius 3 is 2.18 bits per heavy atom. The Morgan fingerprint density at radius 1 is 1.00 bits per heavy atom. The monoisotopic (exact) mass is 272 g/mol. The lowest BCUT2D eigenvalue weighted by Gasteiger charge is -2.00. The number of rotatable bonds is 2. The van der Waals surface area contributed by atoms with Crippen LogP contribution in [0, 0.1) is 6.92 Å². The van der Waals surface area contributed by atoms with Crippen LogP contribution in [0.4, 0.5) is 5.69 Å². The fourth-order valence-electron chi connectivity index (χ4n) is 1.24. The Hall–Kier alpha value is -1.29. The van der Waals surface area contributed by atoms with Crippen LogP contribution in [-0.2, 0) is 0 Å². The van der Waals surface area contributed by atoms with Crippen molar-refractivity contribution < 1.29 is 40.3 Å². The molecule has 2 aromatic rings. The number of pyridine rings is 1. The lowest BCUT2D eigenvalue weighted by atomic mass is 10.2. The maximum Gasteiger partial charge on any atom is 0.371 e. The molecule has 0 saturated heterocycles. The molecule has 1 aromatic carbocycles. The molecule has 3 nitrogen and oxygen atoms in total. The second-order valence-electron chi connectivity index (χ2n) is 3.48. The van der Waals surface area contributed by atoms with Crippen molar-refractivity contribution in [2.75, 3.05) is 0 Å². The van der Waals surface area contributed by atoms with Gasteiger partial charge in [0.1, 0.15) is 5.75 Å². The van der Waals surface area contributed by atoms with Gasteiger partial charge >= 0.3 is 5.88 Å². The molecule has 0 saturated carbocycles. The molecule has 2 rings (SSSR count). The van der Waals surface area contributed by atoms with Gasteiger partial charge in [-0.05, 0) is 19.1 Å². The number of ether oxygens (including phenoxy) is 1. The highest BCUT2D eigenvalue weighted by Crippen LogP contribution is 2.17. The number of H-pyrrole nitrogens is 1. The SMILES string of the molecule is Cc1ccc(Oc2ccc([NH3+])c[nH+]2)cc1.[Cl-].[Cl-]. The summed E-state index contributed by atoms with van der Waals surface area (Å²) >= 11 is 0. The Labute approximate surface area is 113 Å². The van der Waals surface area contributed by atoms with E-state index in [2.05, 4.69) is 10.7 Å². The average molecular weight is 273 g/mol. The molecule has 0 fully saturated rings. The van der Waals surface area contributed by atoms with E-state index >= 15 is 0 Å². The van der Waals surface area contributed by atoms with Gasteiger partial charge in [0.2, 0.25) is 6.20 Å². The van der Waals surface area contributed by atoms with Gasteiger partial charge in [0.25, 0.3) is 0 Å². The molecule has 0 aliphatic rings. The van der Waals surface area contributed by atoms with Crippen LogP contribution in [-0.4, -0.2) is 0 Å². The molecule has 0 aliphatic carbocycles. The maximum absolute atomic E-state index is 5.60. The molecule has 0 atom stereocenters. The maximum atomic E-state index is 5.60. The van der Waals surface area contributed by atoms with Gasteiger partial charge in [-0.3, -0.25) is 0 Å². The number of benzene rings is 1. The number of aromatic nitrogens is 1. The van der Waals surface area contributed by atoms with E-state index in [9.17, 15) is 0 Å². The highest BCUT2D eigenvalue weighted by Gasteiger charge is 2.04. The van der Waals surface area contributed by atoms with Gasteiger partial charge in [-0.1, -0.05) is 17.7 Å². The molecule has 4 N–H and O–H groups in total. The standard InChI is InChI=1S/C12H12N2O.2ClH/c1-9-2-5-11(6-3-9)15-12-7-4-10(13)8-14-12;;/h2-8H,13H2,1H3;2*1H. The zero-order valence-corrected chi connectivity index (χ0v) is 10.9. The third-order valence-electron chi connectivity index (χ3n) is 2.10. The first kappa shape index (κ1) is 15.7. The first-order chi connectivity index (χ1) is 7.24. The minimum atomic E-state index is 0. The molecule has 1 aromatic heterocycles. The summed E-state index contributed by atoms with van der Waals surface area (Å²) in [4.78, 5) is 3.02. The van der Waals surface area contributed by atoms with Crippen molar-refractivity contribution >= 4 is 5.69 Å². The second kappa shape index (κ2) is 7.12. The zero-order chi connectivity index (χ0) is 10.7. The summed E-state index contributed by atoms with van der Waals surface area (Å²) in [5.74, 6) is 1.54. The predicted octanol–water partition coefficient (Wildman–Crippen LogP) is -4.52. The van der Waals surface area contributed by atoms with Crippen molar-refractivity contribution in [3.63, 3.8) is 0 Å². The number of hydrogen-bond acceptors (Lipinski definition) is 1. The molecule has 0 aliphatic heterocycles. The van der Waals surface area contributed by atoms with E-state index in [1.807, 2.05) is 49.5 Å². The van der Waals surface area contributed by atoms with Crippen LogP contribution in [0.5, 0.6) is 11.6 Å². The first-order valence-electron chi connectivity index (χ1n) is 4.82. The number of halogens is 2. The third-order valence-corrected chi connectivity index (χ3v) is 2.10. The number of hydrogen-bond donors (Lipinski definition) is 1. The Bertz CT molecular complexity index is 400. The van der Waals surface area contributed by atoms with E-state index in [1.165, 1.54) is 5.56 Å². The van der Waals surface area contributed by atoms with E-state index in [4.69, 9.17) is 4.74 Å². The van der Waals surface area contributed by atoms with Crippen LogP contribution in [0.2, 0.25) is 0 Å². The smallest absolute Gasteiger partial charge is 0.371 e. The fraction of sp³-hybridized carbons (Fsp3) is 0.0833. The topological polar surface area (TPSA) is 51.0 Å². The number of aromatic amines is 1. The van der Waals surface area contributed by atoms with Crippen molar-refractivity contribution in [3.8, 4) is 11.6 Å². The summed E-state index contributed by atoms with van der Waals surface area (Å²) in [5, 5.41) is 0. The van der Waals surface area contributed by atoms with Gasteiger partial charge in [-0.25, -0.2) is 0 Å². The zero-order valence-electron chi connectivity index (χ0n) is 9.41. The number of aryl methyl sites for hydroxylation is 1. The van der Waals surface area contributed by atoms with Crippen LogP contribution in [0.25, 0.3) is 0 Å². The minimum absolute atomic E-state index is 0. The molecule has 17 heavy (non-hydrogen) atoms. The quantitative estimate of drug-likeness (QED) is 0.589. The molecular weight excluding hydrogens is 259 g/mol. The van der Waals surface area contributed by atoms with Crippen molar-refractivity contribution in [2.45, 2.75) is 6.92 Å². The lowest BCUT2D eigenvalue weighted by molar-refractivity contribution is -0.401. The number of quaternary nitrogens is 1. The lowest BCUT2D eigenvalue weighted by Crippen LogP contribution is -3.00. The molecular formula is C12H14Cl2N2O. The predicted molar refractivity (Wildman–Crippen MR) is 56.8 cm³/mol. The molecule has 1 heterocycles. The van der Waals surface area contributed by atoms with E-state index in [0.29, 0.717) is 5.88 Å². The summed E-state index contributed by atoms with van der Waals surface area (Å²) in [5.41, 5.74) is 5.95. The molecule has 0 radical (unpaired) electrons. The fourth-order valence-corrected chi connectivity index (χ4v) is 1.24. The van der Waals surface area contributed by atoms with Gasteiger partial charge in [-0.15, -0.1) is 0 Å². The normalized spacial score (nSPS) is 8.82. The molecule has 0 unspecified atom stereocenters. The molecule has 92 valence electrons. The Balaban J connectivity index is 0.00000128. The molecule has 0 amide bonds. The van der Waals surface area contributed by atoms with Gasteiger partial charge in [0, 0.05) is 6.07 Å². The van der Waals surface area contributed by atoms with Crippen molar-refractivity contribution in [1.29, 1.82) is 0 Å². The summed E-state index contributed by atoms with van der Waals surface area (Å²) in [6.45, 7) is 2.05. The van der Waals surface area contributed by atoms with Crippen molar-refractivity contribution in [2.24, 2.45) is 0 Å².